The van der Waals surface area contributed by atoms with Crippen molar-refractivity contribution < 1.29 is 0 Å². The maximum absolute atomic E-state index is 5.62. The van der Waals surface area contributed by atoms with E-state index in [4.69, 9.17) is 7.85 Å². The maximum atomic E-state index is 5.62. The Morgan fingerprint density at radius 1 is 1.29 bits per heavy atom. The maximum Gasteiger partial charge on any atom is 0.126 e. The lowest BCUT2D eigenvalue weighted by Crippen LogP contribution is -2.04. The van der Waals surface area contributed by atoms with Gasteiger partial charge in [0.1, 0.15) is 7.85 Å². The molecule has 0 spiro atoms. The van der Waals surface area contributed by atoms with Gasteiger partial charge in [-0.1, -0.05) is 0 Å². The molecule has 0 aromatic heterocycles. The zero-order valence-electron chi connectivity index (χ0n) is 5.60. The molecule has 0 aliphatic carbocycles. The molecule has 0 amide bonds. The lowest BCUT2D eigenvalue weighted by atomic mass is 10.1. The van der Waals surface area contributed by atoms with Crippen LogP contribution in [0.1, 0.15) is 6.92 Å². The fourth-order valence-electron chi connectivity index (χ4n) is 0. The van der Waals surface area contributed by atoms with Crippen LogP contribution < -0.4 is 0 Å². The lowest BCUT2D eigenvalue weighted by molar-refractivity contribution is 1.35. The Hall–Kier alpha value is 0.495. The van der Waals surface area contributed by atoms with E-state index in [1.807, 2.05) is 0 Å². The summed E-state index contributed by atoms with van der Waals surface area (Å²) in [6.45, 7) is 8.82. The summed E-state index contributed by atoms with van der Waals surface area (Å²) in [7, 11) is 4.91. The zero-order chi connectivity index (χ0) is 6.08. The molecule has 0 aliphatic heterocycles. The third kappa shape index (κ3) is 3.11. The van der Waals surface area contributed by atoms with Crippen LogP contribution in [0.25, 0.3) is 0 Å². The van der Waals surface area contributed by atoms with E-state index in [-0.39, 0.29) is 0 Å². The molecule has 2 radical (unpaired) electrons. The Kier molecular flexibility index (Phi) is 2.33. The van der Waals surface area contributed by atoms with Gasteiger partial charge in [0, 0.05) is 25.6 Å². The van der Waals surface area contributed by atoms with E-state index in [2.05, 4.69) is 26.9 Å². The fraction of sp³-hybridized carbons (Fsp3) is 1.00. The standard InChI is InChI=1S/C5H13BP/c1-5(6)7(2,3)4/h5H,1-4H3/q+1. The van der Waals surface area contributed by atoms with Gasteiger partial charge >= 0.3 is 0 Å². The highest BCUT2D eigenvalue weighted by Gasteiger charge is 2.20. The summed E-state index contributed by atoms with van der Waals surface area (Å²) in [5, 5.41) is 0. The van der Waals surface area contributed by atoms with Gasteiger partial charge in [0.2, 0.25) is 0 Å². The largest absolute Gasteiger partial charge is 0.126 e. The SMILES string of the molecule is [B]C(C)[P+](C)(C)C. The average Bonchev–Trinajstić information content (AvgIpc) is 1.31. The van der Waals surface area contributed by atoms with Crippen LogP contribution in [0.15, 0.2) is 0 Å². The van der Waals surface area contributed by atoms with Gasteiger partial charge in [0.25, 0.3) is 0 Å². The predicted octanol–water partition coefficient (Wildman–Crippen LogP) is 1.41. The van der Waals surface area contributed by atoms with Crippen molar-refractivity contribution in [2.45, 2.75) is 12.5 Å². The second kappa shape index (κ2) is 2.18. The summed E-state index contributed by atoms with van der Waals surface area (Å²) in [6.07, 6.45) is 0. The minimum absolute atomic E-state index is 0.410. The molecule has 0 nitrogen and oxygen atoms in total. The van der Waals surface area contributed by atoms with Crippen molar-refractivity contribution in [2.75, 3.05) is 20.0 Å². The molecule has 0 aromatic rings. The van der Waals surface area contributed by atoms with Gasteiger partial charge in [-0.25, -0.2) is 0 Å². The first-order chi connectivity index (χ1) is 2.94. The smallest absolute Gasteiger partial charge is 0.0375 e. The van der Waals surface area contributed by atoms with E-state index in [9.17, 15) is 0 Å². The first kappa shape index (κ1) is 7.49. The molecule has 0 fully saturated rings. The predicted molar refractivity (Wildman–Crippen MR) is 39.9 cm³/mol. The second-order valence-electron chi connectivity index (χ2n) is 2.86. The van der Waals surface area contributed by atoms with Crippen LogP contribution in [0.5, 0.6) is 0 Å². The highest BCUT2D eigenvalue weighted by molar-refractivity contribution is 7.75. The molecule has 0 aromatic carbocycles. The van der Waals surface area contributed by atoms with Crippen molar-refractivity contribution in [1.29, 1.82) is 0 Å². The van der Waals surface area contributed by atoms with Crippen molar-refractivity contribution in [3.63, 3.8) is 0 Å². The van der Waals surface area contributed by atoms with E-state index in [1.165, 1.54) is 0 Å². The molecule has 0 aliphatic rings. The highest BCUT2D eigenvalue weighted by atomic mass is 31.2. The molecule has 0 saturated heterocycles. The molecule has 0 saturated carbocycles. The van der Waals surface area contributed by atoms with Crippen molar-refractivity contribution in [3.8, 4) is 0 Å². The van der Waals surface area contributed by atoms with Crippen molar-refractivity contribution in [1.82, 2.24) is 0 Å². The summed E-state index contributed by atoms with van der Waals surface area (Å²) in [5.74, 6) is 0. The molecular formula is C5H13BP+. The van der Waals surface area contributed by atoms with E-state index >= 15 is 0 Å². The normalized spacial score (nSPS) is 16.6. The summed E-state index contributed by atoms with van der Waals surface area (Å²) in [4.78, 5) is 0. The van der Waals surface area contributed by atoms with Gasteiger partial charge in [-0.3, -0.25) is 0 Å². The van der Waals surface area contributed by atoms with Gasteiger partial charge in [0.15, 0.2) is 0 Å². The first-order valence-corrected chi connectivity index (χ1v) is 5.71. The first-order valence-electron chi connectivity index (χ1n) is 2.51. The van der Waals surface area contributed by atoms with E-state index in [0.717, 1.165) is 0 Å². The van der Waals surface area contributed by atoms with Crippen LogP contribution in [0, 0.1) is 0 Å². The molecule has 0 rings (SSSR count). The summed E-state index contributed by atoms with van der Waals surface area (Å²) >= 11 is 0. The van der Waals surface area contributed by atoms with Crippen molar-refractivity contribution in [3.05, 3.63) is 0 Å². The highest BCUT2D eigenvalue weighted by Crippen LogP contribution is 2.50. The van der Waals surface area contributed by atoms with Crippen molar-refractivity contribution >= 4 is 15.1 Å². The number of rotatable bonds is 1. The third-order valence-electron chi connectivity index (χ3n) is 1.22. The van der Waals surface area contributed by atoms with Crippen LogP contribution in [0.4, 0.5) is 0 Å². The van der Waals surface area contributed by atoms with E-state index < -0.39 is 7.26 Å². The van der Waals surface area contributed by atoms with Crippen LogP contribution in [-0.2, 0) is 0 Å². The molecule has 1 atom stereocenters. The van der Waals surface area contributed by atoms with E-state index in [0.29, 0.717) is 5.56 Å². The van der Waals surface area contributed by atoms with Gasteiger partial charge < -0.3 is 0 Å². The molecule has 7 heavy (non-hydrogen) atoms. The monoisotopic (exact) mass is 115 g/mol. The summed E-state index contributed by atoms with van der Waals surface area (Å²) < 4.78 is 0. The Bertz CT molecular complexity index is 53.6. The third-order valence-corrected chi connectivity index (χ3v) is 3.67. The molecule has 0 heterocycles. The van der Waals surface area contributed by atoms with E-state index in [1.54, 1.807) is 0 Å². The fourth-order valence-corrected chi connectivity index (χ4v) is 0. The Labute approximate surface area is 48.4 Å². The van der Waals surface area contributed by atoms with Crippen LogP contribution >= 0.6 is 7.26 Å². The topological polar surface area (TPSA) is 0 Å². The van der Waals surface area contributed by atoms with Gasteiger partial charge in [0.05, 0.1) is 0 Å². The zero-order valence-corrected chi connectivity index (χ0v) is 6.50. The minimum Gasteiger partial charge on any atom is -0.0375 e. The molecule has 0 N–H and O–H groups in total. The Morgan fingerprint density at radius 3 is 1.43 bits per heavy atom. The van der Waals surface area contributed by atoms with Crippen LogP contribution in [0.3, 0.4) is 0 Å². The minimum atomic E-state index is -0.710. The van der Waals surface area contributed by atoms with Gasteiger partial charge in [-0.15, -0.1) is 0 Å². The Morgan fingerprint density at radius 2 is 1.43 bits per heavy atom. The van der Waals surface area contributed by atoms with Crippen molar-refractivity contribution in [2.24, 2.45) is 0 Å². The Balaban J connectivity index is 3.54. The summed E-state index contributed by atoms with van der Waals surface area (Å²) in [6, 6.07) is 0. The van der Waals surface area contributed by atoms with Crippen LogP contribution in [-0.4, -0.2) is 33.4 Å². The average molecular weight is 115 g/mol. The molecule has 40 valence electrons. The number of hydrogen-bond acceptors (Lipinski definition) is 0. The van der Waals surface area contributed by atoms with Gasteiger partial charge in [-0.2, -0.15) is 0 Å². The van der Waals surface area contributed by atoms with Gasteiger partial charge in [-0.05, 0) is 14.2 Å². The molecule has 2 heteroatoms. The molecule has 0 bridgehead atoms. The second-order valence-corrected chi connectivity index (χ2v) is 7.90. The summed E-state index contributed by atoms with van der Waals surface area (Å²) in [5.41, 5.74) is 0.410. The molecule has 1 unspecified atom stereocenters. The quantitative estimate of drug-likeness (QED) is 0.358. The number of hydrogen-bond donors (Lipinski definition) is 0. The van der Waals surface area contributed by atoms with Crippen LogP contribution in [0.2, 0.25) is 0 Å². The molecular weight excluding hydrogens is 102 g/mol. The lowest BCUT2D eigenvalue weighted by Gasteiger charge is -2.15.